The first-order valence-electron chi connectivity index (χ1n) is 8.59. The van der Waals surface area contributed by atoms with Crippen molar-refractivity contribution in [3.8, 4) is 17.2 Å². The number of hydrogen-bond acceptors (Lipinski definition) is 6. The van der Waals surface area contributed by atoms with E-state index < -0.39 is 0 Å². The number of thioether (sulfide) groups is 1. The first kappa shape index (κ1) is 19.9. The van der Waals surface area contributed by atoms with E-state index in [0.29, 0.717) is 28.7 Å². The lowest BCUT2D eigenvalue weighted by Gasteiger charge is -2.26. The number of nitrogens with zero attached hydrogens (tertiary/aromatic N) is 1. The molecule has 1 aliphatic heterocycles. The van der Waals surface area contributed by atoms with Crippen molar-refractivity contribution in [1.82, 2.24) is 0 Å². The molecule has 148 valence electrons. The molecule has 8 heteroatoms. The Labute approximate surface area is 167 Å². The van der Waals surface area contributed by atoms with E-state index >= 15 is 0 Å². The van der Waals surface area contributed by atoms with Crippen LogP contribution in [0.3, 0.4) is 0 Å². The van der Waals surface area contributed by atoms with Gasteiger partial charge in [-0.15, -0.1) is 11.8 Å². The molecular weight excluding hydrogens is 380 g/mol. The molecule has 1 aliphatic rings. The summed E-state index contributed by atoms with van der Waals surface area (Å²) in [6, 6.07) is 10.8. The van der Waals surface area contributed by atoms with E-state index in [1.54, 1.807) is 44.4 Å². The number of benzene rings is 2. The van der Waals surface area contributed by atoms with E-state index in [2.05, 4.69) is 5.32 Å². The highest BCUT2D eigenvalue weighted by atomic mass is 32.2. The normalized spacial score (nSPS) is 16.1. The Balaban J connectivity index is 1.99. The van der Waals surface area contributed by atoms with Gasteiger partial charge in [0.05, 0.1) is 27.1 Å². The van der Waals surface area contributed by atoms with Crippen LogP contribution in [-0.4, -0.2) is 38.9 Å². The molecule has 0 spiro atoms. The lowest BCUT2D eigenvalue weighted by atomic mass is 10.1. The first-order chi connectivity index (χ1) is 13.5. The molecule has 0 saturated carbocycles. The third-order valence-electron chi connectivity index (χ3n) is 4.34. The zero-order chi connectivity index (χ0) is 20.3. The first-order valence-corrected chi connectivity index (χ1v) is 9.64. The van der Waals surface area contributed by atoms with Gasteiger partial charge in [0.1, 0.15) is 11.1 Å². The molecule has 3 rings (SSSR count). The molecule has 1 fully saturated rings. The van der Waals surface area contributed by atoms with Crippen LogP contribution < -0.4 is 24.4 Å². The number of anilines is 2. The van der Waals surface area contributed by atoms with Crippen molar-refractivity contribution >= 4 is 35.0 Å². The molecule has 0 aromatic heterocycles. The zero-order valence-corrected chi connectivity index (χ0v) is 17.0. The molecule has 2 amide bonds. The van der Waals surface area contributed by atoms with Crippen LogP contribution in [0, 0.1) is 0 Å². The molecular formula is C20H22N2O5S. The van der Waals surface area contributed by atoms with Crippen molar-refractivity contribution < 1.29 is 23.8 Å². The predicted octanol–water partition coefficient (Wildman–Crippen LogP) is 3.45. The Morgan fingerprint density at radius 1 is 1.04 bits per heavy atom. The van der Waals surface area contributed by atoms with Gasteiger partial charge >= 0.3 is 0 Å². The van der Waals surface area contributed by atoms with Gasteiger partial charge in [0.2, 0.25) is 11.8 Å². The van der Waals surface area contributed by atoms with Gasteiger partial charge in [0.25, 0.3) is 0 Å². The van der Waals surface area contributed by atoms with Crippen LogP contribution in [0.5, 0.6) is 17.2 Å². The average molecular weight is 402 g/mol. The smallest absolute Gasteiger partial charge is 0.238 e. The van der Waals surface area contributed by atoms with Gasteiger partial charge in [-0.1, -0.05) is 0 Å². The van der Waals surface area contributed by atoms with Gasteiger partial charge in [-0.05, 0) is 30.3 Å². The van der Waals surface area contributed by atoms with Crippen LogP contribution >= 0.6 is 11.8 Å². The van der Waals surface area contributed by atoms with Crippen LogP contribution in [0.15, 0.2) is 36.4 Å². The number of methoxy groups -OCH3 is 3. The third-order valence-corrected chi connectivity index (χ3v) is 5.53. The number of carbonyl (C=O) groups is 2. The minimum absolute atomic E-state index is 0.000819. The van der Waals surface area contributed by atoms with E-state index in [1.807, 2.05) is 18.2 Å². The number of hydrogen-bond donors (Lipinski definition) is 1. The number of amides is 2. The second kappa shape index (κ2) is 8.43. The second-order valence-electron chi connectivity index (χ2n) is 6.10. The van der Waals surface area contributed by atoms with Crippen LogP contribution in [-0.2, 0) is 9.59 Å². The molecule has 0 radical (unpaired) electrons. The van der Waals surface area contributed by atoms with E-state index in [4.69, 9.17) is 14.2 Å². The Morgan fingerprint density at radius 2 is 1.64 bits per heavy atom. The third kappa shape index (κ3) is 3.87. The molecule has 28 heavy (non-hydrogen) atoms. The van der Waals surface area contributed by atoms with Crippen LogP contribution in [0.4, 0.5) is 11.4 Å². The molecule has 0 bridgehead atoms. The largest absolute Gasteiger partial charge is 0.496 e. The molecule has 1 unspecified atom stereocenters. The van der Waals surface area contributed by atoms with E-state index in [0.717, 1.165) is 11.3 Å². The molecule has 1 N–H and O–H groups in total. The number of nitrogens with one attached hydrogen (secondary N) is 1. The molecule has 1 heterocycles. The lowest BCUT2D eigenvalue weighted by molar-refractivity contribution is -0.116. The number of ether oxygens (including phenoxy) is 3. The zero-order valence-electron chi connectivity index (χ0n) is 16.1. The quantitative estimate of drug-likeness (QED) is 0.798. The summed E-state index contributed by atoms with van der Waals surface area (Å²) in [4.78, 5) is 25.6. The van der Waals surface area contributed by atoms with Crippen molar-refractivity contribution in [2.45, 2.75) is 12.3 Å². The Morgan fingerprint density at radius 3 is 2.21 bits per heavy atom. The summed E-state index contributed by atoms with van der Waals surface area (Å²) in [6.45, 7) is 1.45. The van der Waals surface area contributed by atoms with Gasteiger partial charge in [-0.2, -0.15) is 0 Å². The van der Waals surface area contributed by atoms with E-state index in [9.17, 15) is 9.59 Å². The number of rotatable bonds is 6. The summed E-state index contributed by atoms with van der Waals surface area (Å²) >= 11 is 1.51. The summed E-state index contributed by atoms with van der Waals surface area (Å²) in [5, 5.41) is 2.46. The fraction of sp³-hybridized carbons (Fsp3) is 0.300. The topological polar surface area (TPSA) is 77.1 Å². The van der Waals surface area contributed by atoms with Crippen LogP contribution in [0.2, 0.25) is 0 Å². The Hall–Kier alpha value is -2.87. The summed E-state index contributed by atoms with van der Waals surface area (Å²) in [6.07, 6.45) is 0. The maximum atomic E-state index is 12.6. The summed E-state index contributed by atoms with van der Waals surface area (Å²) in [5.74, 6) is 1.95. The van der Waals surface area contributed by atoms with Crippen molar-refractivity contribution in [1.29, 1.82) is 0 Å². The van der Waals surface area contributed by atoms with E-state index in [-0.39, 0.29) is 17.2 Å². The van der Waals surface area contributed by atoms with Crippen LogP contribution in [0.1, 0.15) is 17.9 Å². The second-order valence-corrected chi connectivity index (χ2v) is 7.17. The fourth-order valence-electron chi connectivity index (χ4n) is 3.09. The van der Waals surface area contributed by atoms with Crippen molar-refractivity contribution in [3.63, 3.8) is 0 Å². The minimum atomic E-state index is -0.270. The summed E-state index contributed by atoms with van der Waals surface area (Å²) in [5.41, 5.74) is 2.24. The van der Waals surface area contributed by atoms with Gasteiger partial charge in [0, 0.05) is 29.9 Å². The highest BCUT2D eigenvalue weighted by Crippen LogP contribution is 2.48. The van der Waals surface area contributed by atoms with Crippen LogP contribution in [0.25, 0.3) is 0 Å². The minimum Gasteiger partial charge on any atom is -0.496 e. The van der Waals surface area contributed by atoms with Crippen molar-refractivity contribution in [3.05, 3.63) is 42.0 Å². The summed E-state index contributed by atoms with van der Waals surface area (Å²) in [7, 11) is 4.71. The molecule has 0 aliphatic carbocycles. The predicted molar refractivity (Wildman–Crippen MR) is 110 cm³/mol. The molecule has 1 atom stereocenters. The van der Waals surface area contributed by atoms with E-state index in [1.165, 1.54) is 18.7 Å². The maximum absolute atomic E-state index is 12.6. The molecule has 2 aromatic carbocycles. The molecule has 7 nitrogen and oxygen atoms in total. The highest BCUT2D eigenvalue weighted by molar-refractivity contribution is 8.00. The molecule has 2 aromatic rings. The Bertz CT molecular complexity index is 885. The van der Waals surface area contributed by atoms with Crippen molar-refractivity contribution in [2.24, 2.45) is 0 Å². The fourth-order valence-corrected chi connectivity index (χ4v) is 4.28. The monoisotopic (exact) mass is 402 g/mol. The number of carbonyl (C=O) groups excluding carboxylic acids is 2. The Kier molecular flexibility index (Phi) is 5.99. The van der Waals surface area contributed by atoms with Gasteiger partial charge in [-0.25, -0.2) is 0 Å². The van der Waals surface area contributed by atoms with Gasteiger partial charge < -0.3 is 19.5 Å². The SMILES string of the molecule is COc1cc(OC)c(C2SCC(=O)N2c2ccc(NC(C)=O)cc2)cc1OC. The highest BCUT2D eigenvalue weighted by Gasteiger charge is 2.36. The van der Waals surface area contributed by atoms with Gasteiger partial charge in [-0.3, -0.25) is 14.5 Å². The standard InChI is InChI=1S/C20H22N2O5S/c1-12(23)21-13-5-7-14(8-6-13)22-19(24)11-28-20(22)15-9-17(26-3)18(27-4)10-16(15)25-2/h5-10,20H,11H2,1-4H3,(H,21,23). The van der Waals surface area contributed by atoms with Gasteiger partial charge in [0.15, 0.2) is 11.5 Å². The van der Waals surface area contributed by atoms with Crippen molar-refractivity contribution in [2.75, 3.05) is 37.3 Å². The maximum Gasteiger partial charge on any atom is 0.238 e. The lowest BCUT2D eigenvalue weighted by Crippen LogP contribution is -2.28. The summed E-state index contributed by atoms with van der Waals surface area (Å²) < 4.78 is 16.3. The molecule has 1 saturated heterocycles. The average Bonchev–Trinajstić information content (AvgIpc) is 3.08.